The molecule has 2 aromatic carbocycles. The molecule has 7 atom stereocenters. The van der Waals surface area contributed by atoms with Crippen LogP contribution in [0, 0.1) is 34.0 Å². The summed E-state index contributed by atoms with van der Waals surface area (Å²) >= 11 is 0. The zero-order chi connectivity index (χ0) is 32.2. The van der Waals surface area contributed by atoms with Crippen molar-refractivity contribution in [1.29, 1.82) is 5.26 Å². The van der Waals surface area contributed by atoms with E-state index >= 15 is 4.39 Å². The lowest BCUT2D eigenvalue weighted by molar-refractivity contribution is -0.220. The summed E-state index contributed by atoms with van der Waals surface area (Å²) in [7, 11) is 0. The smallest absolute Gasteiger partial charge is 0.352 e. The number of aliphatic hydroxyl groups excluding tert-OH is 1. The van der Waals surface area contributed by atoms with E-state index in [1.807, 2.05) is 12.1 Å². The zero-order valence-corrected chi connectivity index (χ0v) is 25.0. The SMILES string of the molecule is C[C@]12C=CC(=O)CC1=CC[C@H]1[C@@H]3CC[C@](OC(=O)c4ccc(Oc5ccccc5)c(O)c4)(C(=O)OCC#N)[C@@]3(C)C[C@H](O)[C@@]12F. The van der Waals surface area contributed by atoms with Crippen LogP contribution in [0.1, 0.15) is 56.3 Å². The topological polar surface area (TPSA) is 143 Å². The van der Waals surface area contributed by atoms with Gasteiger partial charge in [-0.3, -0.25) is 4.79 Å². The Bertz CT molecular complexity index is 1670. The molecule has 2 saturated carbocycles. The molecular formula is C35H34FNO8. The summed E-state index contributed by atoms with van der Waals surface area (Å²) in [5.74, 6) is -3.07. The van der Waals surface area contributed by atoms with Gasteiger partial charge in [-0.1, -0.05) is 42.8 Å². The average molecular weight is 616 g/mol. The molecule has 0 saturated heterocycles. The van der Waals surface area contributed by atoms with E-state index in [0.29, 0.717) is 11.3 Å². The molecule has 45 heavy (non-hydrogen) atoms. The highest BCUT2D eigenvalue weighted by Crippen LogP contribution is 2.70. The maximum Gasteiger partial charge on any atom is 0.352 e. The molecule has 0 aromatic heterocycles. The second-order valence-electron chi connectivity index (χ2n) is 12.8. The molecule has 0 spiro atoms. The van der Waals surface area contributed by atoms with E-state index in [1.165, 1.54) is 18.2 Å². The number of nitriles is 1. The van der Waals surface area contributed by atoms with Crippen LogP contribution >= 0.6 is 0 Å². The van der Waals surface area contributed by atoms with Crippen molar-refractivity contribution in [3.63, 3.8) is 0 Å². The molecule has 9 nitrogen and oxygen atoms in total. The number of hydrogen-bond donors (Lipinski definition) is 2. The first-order chi connectivity index (χ1) is 21.4. The fourth-order valence-corrected chi connectivity index (χ4v) is 8.43. The van der Waals surface area contributed by atoms with Crippen LogP contribution in [-0.2, 0) is 19.1 Å². The maximum absolute atomic E-state index is 17.5. The normalized spacial score (nSPS) is 34.8. The van der Waals surface area contributed by atoms with E-state index in [1.54, 1.807) is 50.3 Å². The maximum atomic E-state index is 17.5. The molecule has 0 heterocycles. The lowest BCUT2D eigenvalue weighted by Crippen LogP contribution is -2.69. The average Bonchev–Trinajstić information content (AvgIpc) is 3.30. The highest BCUT2D eigenvalue weighted by Gasteiger charge is 2.76. The molecular weight excluding hydrogens is 581 g/mol. The molecule has 2 aromatic rings. The second-order valence-corrected chi connectivity index (χ2v) is 12.8. The van der Waals surface area contributed by atoms with Gasteiger partial charge in [0.1, 0.15) is 11.8 Å². The highest BCUT2D eigenvalue weighted by atomic mass is 19.1. The number of ether oxygens (including phenoxy) is 3. The Balaban J connectivity index is 1.34. The number of alkyl halides is 1. The standard InChI is InChI=1S/C35H34FNO8/c1-32-14-12-23(38)19-22(32)9-10-26-25-13-15-34(31(42)43-17-16-37,33(25,2)20-29(40)35(26,32)36)45-30(41)21-8-11-28(27(39)18-21)44-24-6-4-3-5-7-24/h3-9,11-12,14,18,25-26,29,39-40H,10,13,15,17,19-20H2,1-2H3/t25-,26-,29-,32-,33-,34-,35-/m0/s1. The number of aliphatic hydroxyl groups is 1. The van der Waals surface area contributed by atoms with Gasteiger partial charge in [-0.25, -0.2) is 14.0 Å². The quantitative estimate of drug-likeness (QED) is 0.317. The fraction of sp³-hybridized carbons (Fsp3) is 0.429. The number of phenols is 1. The summed E-state index contributed by atoms with van der Waals surface area (Å²) in [6.45, 7) is 2.80. The van der Waals surface area contributed by atoms with E-state index < -0.39 is 58.6 Å². The summed E-state index contributed by atoms with van der Waals surface area (Å²) < 4.78 is 34.5. The first-order valence-electron chi connectivity index (χ1n) is 15.0. The third kappa shape index (κ3) is 4.47. The van der Waals surface area contributed by atoms with Gasteiger partial charge in [0.2, 0.25) is 5.60 Å². The van der Waals surface area contributed by atoms with E-state index in [4.69, 9.17) is 19.5 Å². The van der Waals surface area contributed by atoms with Crippen molar-refractivity contribution in [1.82, 2.24) is 0 Å². The van der Waals surface area contributed by atoms with Gasteiger partial charge < -0.3 is 24.4 Å². The molecule has 4 aliphatic carbocycles. The number of nitrogens with zero attached hydrogens (tertiary/aromatic N) is 1. The molecule has 2 fully saturated rings. The summed E-state index contributed by atoms with van der Waals surface area (Å²) in [6, 6.07) is 14.5. The number of phenolic OH excluding ortho intramolecular Hbond substituents is 1. The highest BCUT2D eigenvalue weighted by molar-refractivity contribution is 5.94. The Morgan fingerprint density at radius 2 is 1.89 bits per heavy atom. The number of fused-ring (bicyclic) bond motifs is 5. The Hall–Kier alpha value is -4.49. The van der Waals surface area contributed by atoms with E-state index in [2.05, 4.69) is 0 Å². The van der Waals surface area contributed by atoms with Gasteiger partial charge in [-0.15, -0.1) is 0 Å². The van der Waals surface area contributed by atoms with E-state index in [9.17, 15) is 24.6 Å². The molecule has 2 N–H and O–H groups in total. The number of rotatable bonds is 6. The summed E-state index contributed by atoms with van der Waals surface area (Å²) in [5.41, 5.74) is -6.04. The van der Waals surface area contributed by atoms with Gasteiger partial charge in [-0.05, 0) is 74.9 Å². The molecule has 6 rings (SSSR count). The van der Waals surface area contributed by atoms with Crippen LogP contribution in [0.15, 0.2) is 72.3 Å². The summed E-state index contributed by atoms with van der Waals surface area (Å²) in [6.07, 6.45) is 3.53. The van der Waals surface area contributed by atoms with Gasteiger partial charge in [0.05, 0.1) is 11.7 Å². The fourth-order valence-electron chi connectivity index (χ4n) is 8.43. The van der Waals surface area contributed by atoms with Crippen molar-refractivity contribution < 1.29 is 43.2 Å². The number of para-hydroxylation sites is 1. The number of halogens is 1. The third-order valence-electron chi connectivity index (χ3n) is 10.8. The van der Waals surface area contributed by atoms with Crippen LogP contribution in [0.5, 0.6) is 17.2 Å². The van der Waals surface area contributed by atoms with Crippen LogP contribution in [0.3, 0.4) is 0 Å². The van der Waals surface area contributed by atoms with E-state index in [0.717, 1.165) is 6.07 Å². The number of carbonyl (C=O) groups is 3. The number of esters is 2. The molecule has 4 aliphatic rings. The number of allylic oxidation sites excluding steroid dienone is 4. The first kappa shape index (κ1) is 30.5. The number of ketones is 1. The van der Waals surface area contributed by atoms with Gasteiger partial charge >= 0.3 is 11.9 Å². The molecule has 0 aliphatic heterocycles. The van der Waals surface area contributed by atoms with Gasteiger partial charge in [0, 0.05) is 23.2 Å². The molecule has 0 unspecified atom stereocenters. The Morgan fingerprint density at radius 3 is 2.60 bits per heavy atom. The van der Waals surface area contributed by atoms with Crippen molar-refractivity contribution in [3.05, 3.63) is 77.9 Å². The zero-order valence-electron chi connectivity index (χ0n) is 25.0. The van der Waals surface area contributed by atoms with Crippen molar-refractivity contribution in [3.8, 4) is 23.3 Å². The van der Waals surface area contributed by atoms with Crippen LogP contribution in [0.4, 0.5) is 4.39 Å². The summed E-state index contributed by atoms with van der Waals surface area (Å²) in [5, 5.41) is 31.5. The number of carbonyl (C=O) groups excluding carboxylic acids is 3. The van der Waals surface area contributed by atoms with Crippen molar-refractivity contribution in [2.24, 2.45) is 22.7 Å². The lowest BCUT2D eigenvalue weighted by atomic mass is 9.45. The van der Waals surface area contributed by atoms with Gasteiger partial charge in [-0.2, -0.15) is 5.26 Å². The minimum atomic E-state index is -2.14. The van der Waals surface area contributed by atoms with Crippen molar-refractivity contribution in [2.45, 2.75) is 63.3 Å². The molecule has 0 radical (unpaired) electrons. The monoisotopic (exact) mass is 615 g/mol. The minimum absolute atomic E-state index is 0.0216. The predicted octanol–water partition coefficient (Wildman–Crippen LogP) is 5.52. The van der Waals surface area contributed by atoms with Gasteiger partial charge in [0.25, 0.3) is 0 Å². The number of benzene rings is 2. The Morgan fingerprint density at radius 1 is 1.13 bits per heavy atom. The van der Waals surface area contributed by atoms with Crippen LogP contribution in [-0.4, -0.2) is 51.9 Å². The minimum Gasteiger partial charge on any atom is -0.504 e. The van der Waals surface area contributed by atoms with Crippen LogP contribution in [0.25, 0.3) is 0 Å². The van der Waals surface area contributed by atoms with Crippen LogP contribution < -0.4 is 4.74 Å². The largest absolute Gasteiger partial charge is 0.504 e. The number of aromatic hydroxyl groups is 1. The molecule has 0 bridgehead atoms. The van der Waals surface area contributed by atoms with Crippen molar-refractivity contribution in [2.75, 3.05) is 6.61 Å². The van der Waals surface area contributed by atoms with E-state index in [-0.39, 0.29) is 54.9 Å². The lowest BCUT2D eigenvalue weighted by Gasteiger charge is -2.61. The first-order valence-corrected chi connectivity index (χ1v) is 15.0. The molecule has 234 valence electrons. The molecule has 10 heteroatoms. The number of hydrogen-bond acceptors (Lipinski definition) is 9. The van der Waals surface area contributed by atoms with Crippen molar-refractivity contribution >= 4 is 17.7 Å². The predicted molar refractivity (Wildman–Crippen MR) is 158 cm³/mol. The Labute approximate surface area is 259 Å². The molecule has 0 amide bonds. The third-order valence-corrected chi connectivity index (χ3v) is 10.8. The summed E-state index contributed by atoms with van der Waals surface area (Å²) in [4.78, 5) is 39.7. The second kappa shape index (κ2) is 10.8. The van der Waals surface area contributed by atoms with Gasteiger partial charge in [0.15, 0.2) is 29.6 Å². The Kier molecular flexibility index (Phi) is 7.36. The van der Waals surface area contributed by atoms with Crippen LogP contribution in [0.2, 0.25) is 0 Å².